The Bertz CT molecular complexity index is 1060. The minimum atomic E-state index is -0.0394. The largest absolute Gasteiger partial charge is 0.325 e. The number of para-hydroxylation sites is 1. The van der Waals surface area contributed by atoms with E-state index in [1.165, 1.54) is 22.9 Å². The van der Waals surface area contributed by atoms with Crippen LogP contribution in [0.3, 0.4) is 0 Å². The lowest BCUT2D eigenvalue weighted by Crippen LogP contribution is -2.16. The number of hydrogen-bond acceptors (Lipinski definition) is 5. The van der Waals surface area contributed by atoms with Gasteiger partial charge in [-0.1, -0.05) is 72.8 Å². The van der Waals surface area contributed by atoms with Crippen LogP contribution in [0.5, 0.6) is 0 Å². The second-order valence-electron chi connectivity index (χ2n) is 7.58. The predicted octanol–water partition coefficient (Wildman–Crippen LogP) is 5.81. The van der Waals surface area contributed by atoms with Gasteiger partial charge in [-0.3, -0.25) is 4.79 Å². The Hall–Kier alpha value is -2.51. The molecule has 2 aromatic carbocycles. The van der Waals surface area contributed by atoms with Gasteiger partial charge in [-0.05, 0) is 37.0 Å². The number of thioether (sulfide) groups is 2. The molecule has 3 aromatic rings. The van der Waals surface area contributed by atoms with Crippen molar-refractivity contribution in [3.05, 3.63) is 83.2 Å². The molecular weight excluding hydrogens is 436 g/mol. The summed E-state index contributed by atoms with van der Waals surface area (Å²) >= 11 is 3.21. The van der Waals surface area contributed by atoms with E-state index in [0.717, 1.165) is 45.7 Å². The van der Waals surface area contributed by atoms with Gasteiger partial charge >= 0.3 is 0 Å². The third kappa shape index (κ3) is 6.50. The number of hydrogen-bond donors (Lipinski definition) is 1. The molecule has 1 amide bonds. The number of amides is 1. The summed E-state index contributed by atoms with van der Waals surface area (Å²) in [4.78, 5) is 12.6. The summed E-state index contributed by atoms with van der Waals surface area (Å²) in [5, 5.41) is 12.5. The van der Waals surface area contributed by atoms with E-state index in [1.54, 1.807) is 11.8 Å². The van der Waals surface area contributed by atoms with E-state index < -0.39 is 0 Å². The number of nitrogens with zero attached hydrogens (tertiary/aromatic N) is 3. The number of anilines is 1. The summed E-state index contributed by atoms with van der Waals surface area (Å²) in [7, 11) is 0. The fourth-order valence-electron chi connectivity index (χ4n) is 3.30. The van der Waals surface area contributed by atoms with Crippen molar-refractivity contribution in [3.63, 3.8) is 0 Å². The van der Waals surface area contributed by atoms with Crippen molar-refractivity contribution in [2.24, 2.45) is 0 Å². The highest BCUT2D eigenvalue weighted by atomic mass is 32.2. The molecule has 1 N–H and O–H groups in total. The Morgan fingerprint density at radius 3 is 2.62 bits per heavy atom. The van der Waals surface area contributed by atoms with Gasteiger partial charge in [-0.25, -0.2) is 0 Å². The van der Waals surface area contributed by atoms with E-state index >= 15 is 0 Å². The molecule has 1 aromatic heterocycles. The van der Waals surface area contributed by atoms with E-state index in [-0.39, 0.29) is 11.7 Å². The number of allylic oxidation sites excluding steroid dienone is 1. The van der Waals surface area contributed by atoms with Crippen LogP contribution in [-0.4, -0.2) is 26.4 Å². The van der Waals surface area contributed by atoms with Crippen molar-refractivity contribution in [3.8, 4) is 0 Å². The first-order valence-corrected chi connectivity index (χ1v) is 12.8. The highest BCUT2D eigenvalue weighted by Crippen LogP contribution is 2.24. The van der Waals surface area contributed by atoms with Crippen LogP contribution in [0.2, 0.25) is 0 Å². The van der Waals surface area contributed by atoms with E-state index in [2.05, 4.69) is 66.3 Å². The van der Waals surface area contributed by atoms with E-state index in [0.29, 0.717) is 6.54 Å². The molecule has 0 aliphatic heterocycles. The van der Waals surface area contributed by atoms with Crippen LogP contribution in [-0.2, 0) is 29.3 Å². The topological polar surface area (TPSA) is 59.8 Å². The average molecular weight is 467 g/mol. The van der Waals surface area contributed by atoms with Crippen molar-refractivity contribution in [2.45, 2.75) is 50.4 Å². The van der Waals surface area contributed by atoms with Crippen molar-refractivity contribution in [1.82, 2.24) is 14.8 Å². The quantitative estimate of drug-likeness (QED) is 0.285. The zero-order valence-electron chi connectivity index (χ0n) is 18.9. The molecule has 7 heteroatoms. The van der Waals surface area contributed by atoms with Gasteiger partial charge in [-0.15, -0.1) is 28.5 Å². The zero-order chi connectivity index (χ0) is 22.9. The Balaban J connectivity index is 1.59. The molecule has 0 saturated carbocycles. The van der Waals surface area contributed by atoms with Crippen molar-refractivity contribution in [1.29, 1.82) is 0 Å². The fourth-order valence-corrected chi connectivity index (χ4v) is 4.99. The number of carbonyl (C=O) groups is 1. The molecule has 0 bridgehead atoms. The molecule has 5 nitrogen and oxygen atoms in total. The lowest BCUT2D eigenvalue weighted by atomic mass is 10.1. The maximum Gasteiger partial charge on any atom is 0.234 e. The van der Waals surface area contributed by atoms with Crippen molar-refractivity contribution < 1.29 is 4.79 Å². The lowest BCUT2D eigenvalue weighted by Gasteiger charge is -2.13. The van der Waals surface area contributed by atoms with Crippen LogP contribution >= 0.6 is 23.5 Å². The van der Waals surface area contributed by atoms with Crippen molar-refractivity contribution in [2.75, 3.05) is 11.1 Å². The number of aryl methyl sites for hydroxylation is 3. The Morgan fingerprint density at radius 2 is 1.91 bits per heavy atom. The summed E-state index contributed by atoms with van der Waals surface area (Å²) < 4.78 is 2.04. The van der Waals surface area contributed by atoms with Crippen molar-refractivity contribution >= 4 is 35.1 Å². The highest BCUT2D eigenvalue weighted by Gasteiger charge is 2.15. The second kappa shape index (κ2) is 11.9. The Labute approximate surface area is 199 Å². The van der Waals surface area contributed by atoms with Gasteiger partial charge < -0.3 is 9.88 Å². The minimum absolute atomic E-state index is 0.0394. The third-order valence-corrected chi connectivity index (χ3v) is 7.03. The molecule has 0 unspecified atom stereocenters. The van der Waals surface area contributed by atoms with Crippen LogP contribution in [0.15, 0.2) is 60.3 Å². The number of carbonyl (C=O) groups excluding carboxylic acids is 1. The van der Waals surface area contributed by atoms with Gasteiger partial charge in [-0.2, -0.15) is 0 Å². The monoisotopic (exact) mass is 466 g/mol. The van der Waals surface area contributed by atoms with Gasteiger partial charge in [0.25, 0.3) is 0 Å². The molecule has 0 aliphatic rings. The molecule has 0 atom stereocenters. The third-order valence-electron chi connectivity index (χ3n) is 5.06. The molecule has 32 heavy (non-hydrogen) atoms. The predicted molar refractivity (Wildman–Crippen MR) is 136 cm³/mol. The number of benzene rings is 2. The summed E-state index contributed by atoms with van der Waals surface area (Å²) in [5.41, 5.74) is 5.70. The number of rotatable bonds is 11. The Morgan fingerprint density at radius 1 is 1.12 bits per heavy atom. The summed E-state index contributed by atoms with van der Waals surface area (Å²) in [5.74, 6) is 2.82. The SMILES string of the molecule is C=CCn1c(CSCc2ccc(C)cc2)nnc1SCC(=O)Nc1c(C)cccc1CC. The Kier molecular flexibility index (Phi) is 9.00. The van der Waals surface area contributed by atoms with E-state index in [4.69, 9.17) is 0 Å². The molecule has 0 radical (unpaired) electrons. The first-order chi connectivity index (χ1) is 15.5. The molecule has 0 spiro atoms. The second-order valence-corrected chi connectivity index (χ2v) is 9.50. The normalized spacial score (nSPS) is 10.8. The van der Waals surface area contributed by atoms with Crippen LogP contribution < -0.4 is 5.32 Å². The zero-order valence-corrected chi connectivity index (χ0v) is 20.6. The van der Waals surface area contributed by atoms with Crippen LogP contribution in [0.4, 0.5) is 5.69 Å². The lowest BCUT2D eigenvalue weighted by molar-refractivity contribution is -0.113. The molecule has 0 aliphatic carbocycles. The maximum absolute atomic E-state index is 12.6. The molecule has 3 rings (SSSR count). The average Bonchev–Trinajstić information content (AvgIpc) is 3.17. The van der Waals surface area contributed by atoms with Gasteiger partial charge in [0.15, 0.2) is 5.16 Å². The standard InChI is InChI=1S/C25H30N4OS2/c1-5-14-29-22(16-31-15-20-12-10-18(3)11-13-20)27-28-25(29)32-17-23(30)26-24-19(4)8-7-9-21(24)6-2/h5,7-13H,1,6,14-17H2,2-4H3,(H,26,30). The molecule has 0 saturated heterocycles. The maximum atomic E-state index is 12.6. The first kappa shape index (κ1) is 24.1. The summed E-state index contributed by atoms with van der Waals surface area (Å²) in [6.45, 7) is 10.7. The molecule has 1 heterocycles. The smallest absolute Gasteiger partial charge is 0.234 e. The van der Waals surface area contributed by atoms with Gasteiger partial charge in [0.2, 0.25) is 5.91 Å². The number of nitrogens with one attached hydrogen (secondary N) is 1. The first-order valence-electron chi connectivity index (χ1n) is 10.7. The fraction of sp³-hybridized carbons (Fsp3) is 0.320. The summed E-state index contributed by atoms with van der Waals surface area (Å²) in [6, 6.07) is 14.7. The molecule has 168 valence electrons. The van der Waals surface area contributed by atoms with Gasteiger partial charge in [0.05, 0.1) is 11.5 Å². The number of aromatic nitrogens is 3. The van der Waals surface area contributed by atoms with E-state index in [1.807, 2.05) is 29.7 Å². The minimum Gasteiger partial charge on any atom is -0.325 e. The highest BCUT2D eigenvalue weighted by molar-refractivity contribution is 7.99. The van der Waals surface area contributed by atoms with Gasteiger partial charge in [0, 0.05) is 18.0 Å². The van der Waals surface area contributed by atoms with Crippen LogP contribution in [0.1, 0.15) is 35.0 Å². The molecular formula is C25H30N4OS2. The van der Waals surface area contributed by atoms with Gasteiger partial charge in [0.1, 0.15) is 5.82 Å². The molecule has 0 fully saturated rings. The van der Waals surface area contributed by atoms with Crippen LogP contribution in [0, 0.1) is 13.8 Å². The van der Waals surface area contributed by atoms with E-state index in [9.17, 15) is 4.79 Å². The summed E-state index contributed by atoms with van der Waals surface area (Å²) in [6.07, 6.45) is 2.71. The van der Waals surface area contributed by atoms with Crippen LogP contribution in [0.25, 0.3) is 0 Å².